The van der Waals surface area contributed by atoms with E-state index in [1.165, 1.54) is 0 Å². The van der Waals surface area contributed by atoms with Crippen molar-refractivity contribution in [3.63, 3.8) is 0 Å². The van der Waals surface area contributed by atoms with Crippen LogP contribution in [0.25, 0.3) is 0 Å². The number of hydrogen-bond acceptors (Lipinski definition) is 3. The Hall–Kier alpha value is -1.36. The molecule has 1 fully saturated rings. The molecule has 1 rings (SSSR count). The normalized spacial score (nSPS) is 16.1. The van der Waals surface area contributed by atoms with Crippen LogP contribution in [0.2, 0.25) is 0 Å². The number of carboxylic acids is 1. The second-order valence-corrected chi connectivity index (χ2v) is 4.33. The Morgan fingerprint density at radius 3 is 2.53 bits per heavy atom. The Morgan fingerprint density at radius 2 is 2.00 bits per heavy atom. The monoisotopic (exact) mass is 240 g/mol. The van der Waals surface area contributed by atoms with Gasteiger partial charge in [-0.3, -0.25) is 14.5 Å². The predicted molar refractivity (Wildman–Crippen MR) is 64.7 cm³/mol. The number of carboxylic acid groups (broad SMARTS) is 1. The summed E-state index contributed by atoms with van der Waals surface area (Å²) < 4.78 is 0. The highest BCUT2D eigenvalue weighted by Gasteiger charge is 2.25. The summed E-state index contributed by atoms with van der Waals surface area (Å²) in [4.78, 5) is 24.1. The minimum atomic E-state index is -0.881. The number of amides is 1. The largest absolute Gasteiger partial charge is 0.480 e. The van der Waals surface area contributed by atoms with Gasteiger partial charge in [-0.05, 0) is 12.8 Å². The van der Waals surface area contributed by atoms with E-state index < -0.39 is 5.97 Å². The van der Waals surface area contributed by atoms with Crippen LogP contribution >= 0.6 is 0 Å². The van der Waals surface area contributed by atoms with Crippen molar-refractivity contribution in [3.05, 3.63) is 12.7 Å². The molecule has 5 nitrogen and oxygen atoms in total. The Balaban J connectivity index is 2.47. The van der Waals surface area contributed by atoms with Gasteiger partial charge in [-0.2, -0.15) is 0 Å². The molecule has 0 aromatic carbocycles. The van der Waals surface area contributed by atoms with Crippen molar-refractivity contribution in [1.82, 2.24) is 10.2 Å². The second kappa shape index (κ2) is 7.06. The van der Waals surface area contributed by atoms with E-state index >= 15 is 0 Å². The van der Waals surface area contributed by atoms with Crippen molar-refractivity contribution in [1.29, 1.82) is 0 Å². The average Bonchev–Trinajstić information content (AvgIpc) is 2.78. The third-order valence-electron chi connectivity index (χ3n) is 2.97. The zero-order valence-electron chi connectivity index (χ0n) is 10.0. The standard InChI is InChI=1S/C12H20N2O3/c1-2-7-13-11(15)8-14(9-12(16)17)10-5-3-4-6-10/h2,10H,1,3-9H2,(H,13,15)(H,16,17). The second-order valence-electron chi connectivity index (χ2n) is 4.33. The molecule has 1 aliphatic carbocycles. The van der Waals surface area contributed by atoms with Crippen molar-refractivity contribution in [3.8, 4) is 0 Å². The molecular formula is C12H20N2O3. The first-order valence-electron chi connectivity index (χ1n) is 5.97. The van der Waals surface area contributed by atoms with Gasteiger partial charge >= 0.3 is 5.97 Å². The van der Waals surface area contributed by atoms with Gasteiger partial charge in [-0.25, -0.2) is 0 Å². The van der Waals surface area contributed by atoms with E-state index in [9.17, 15) is 9.59 Å². The molecular weight excluding hydrogens is 220 g/mol. The summed E-state index contributed by atoms with van der Waals surface area (Å²) >= 11 is 0. The fourth-order valence-electron chi connectivity index (χ4n) is 2.18. The van der Waals surface area contributed by atoms with Crippen LogP contribution in [-0.4, -0.2) is 47.6 Å². The lowest BCUT2D eigenvalue weighted by atomic mass is 10.2. The number of nitrogens with zero attached hydrogens (tertiary/aromatic N) is 1. The number of aliphatic carboxylic acids is 1. The molecule has 17 heavy (non-hydrogen) atoms. The molecule has 5 heteroatoms. The molecule has 1 amide bonds. The van der Waals surface area contributed by atoms with Crippen molar-refractivity contribution >= 4 is 11.9 Å². The molecule has 0 aromatic heterocycles. The first-order chi connectivity index (χ1) is 8.13. The van der Waals surface area contributed by atoms with Gasteiger partial charge in [0.05, 0.1) is 13.1 Å². The van der Waals surface area contributed by atoms with E-state index in [1.54, 1.807) is 11.0 Å². The first-order valence-corrected chi connectivity index (χ1v) is 5.97. The van der Waals surface area contributed by atoms with E-state index in [1.807, 2.05) is 0 Å². The van der Waals surface area contributed by atoms with Crippen LogP contribution in [0.4, 0.5) is 0 Å². The first kappa shape index (κ1) is 13.7. The summed E-state index contributed by atoms with van der Waals surface area (Å²) in [5.41, 5.74) is 0. The summed E-state index contributed by atoms with van der Waals surface area (Å²) in [6, 6.07) is 0.237. The van der Waals surface area contributed by atoms with Crippen molar-refractivity contribution in [2.75, 3.05) is 19.6 Å². The van der Waals surface area contributed by atoms with Gasteiger partial charge < -0.3 is 10.4 Å². The zero-order valence-corrected chi connectivity index (χ0v) is 10.0. The van der Waals surface area contributed by atoms with Crippen molar-refractivity contribution in [2.24, 2.45) is 0 Å². The van der Waals surface area contributed by atoms with Crippen molar-refractivity contribution < 1.29 is 14.7 Å². The fourth-order valence-corrected chi connectivity index (χ4v) is 2.18. The van der Waals surface area contributed by atoms with Gasteiger partial charge in [-0.15, -0.1) is 6.58 Å². The smallest absolute Gasteiger partial charge is 0.317 e. The lowest BCUT2D eigenvalue weighted by Crippen LogP contribution is -2.44. The van der Waals surface area contributed by atoms with Crippen LogP contribution in [0.5, 0.6) is 0 Å². The highest BCUT2D eigenvalue weighted by atomic mass is 16.4. The van der Waals surface area contributed by atoms with Gasteiger partial charge in [0.1, 0.15) is 0 Å². The Morgan fingerprint density at radius 1 is 1.35 bits per heavy atom. The molecule has 0 heterocycles. The average molecular weight is 240 g/mol. The zero-order chi connectivity index (χ0) is 12.7. The molecule has 0 spiro atoms. The van der Waals surface area contributed by atoms with E-state index in [-0.39, 0.29) is 25.0 Å². The molecule has 1 saturated carbocycles. The lowest BCUT2D eigenvalue weighted by Gasteiger charge is -2.26. The minimum Gasteiger partial charge on any atom is -0.480 e. The number of hydrogen-bond donors (Lipinski definition) is 2. The molecule has 0 atom stereocenters. The summed E-state index contributed by atoms with van der Waals surface area (Å²) in [6.45, 7) is 4.03. The van der Waals surface area contributed by atoms with Gasteiger partial charge in [0.15, 0.2) is 0 Å². The highest BCUT2D eigenvalue weighted by Crippen LogP contribution is 2.22. The quantitative estimate of drug-likeness (QED) is 0.640. The summed E-state index contributed by atoms with van der Waals surface area (Å²) in [5.74, 6) is -1.02. The van der Waals surface area contributed by atoms with Crippen molar-refractivity contribution in [2.45, 2.75) is 31.7 Å². The molecule has 0 saturated heterocycles. The third kappa shape index (κ3) is 4.99. The Labute approximate surface area is 101 Å². The molecule has 2 N–H and O–H groups in total. The molecule has 0 aromatic rings. The van der Waals surface area contributed by atoms with Gasteiger partial charge in [0.25, 0.3) is 0 Å². The van der Waals surface area contributed by atoms with E-state index in [0.717, 1.165) is 25.7 Å². The van der Waals surface area contributed by atoms with Gasteiger partial charge in [0.2, 0.25) is 5.91 Å². The maximum absolute atomic E-state index is 11.6. The van der Waals surface area contributed by atoms with E-state index in [4.69, 9.17) is 5.11 Å². The minimum absolute atomic E-state index is 0.0633. The molecule has 1 aliphatic rings. The maximum atomic E-state index is 11.6. The highest BCUT2D eigenvalue weighted by molar-refractivity contribution is 5.79. The number of carbonyl (C=O) groups excluding carboxylic acids is 1. The van der Waals surface area contributed by atoms with Crippen LogP contribution in [-0.2, 0) is 9.59 Å². The Bertz CT molecular complexity index is 285. The maximum Gasteiger partial charge on any atom is 0.317 e. The molecule has 96 valence electrons. The summed E-state index contributed by atoms with van der Waals surface area (Å²) in [6.07, 6.45) is 5.82. The third-order valence-corrected chi connectivity index (χ3v) is 2.97. The van der Waals surface area contributed by atoms with Crippen LogP contribution in [0, 0.1) is 0 Å². The number of carbonyl (C=O) groups is 2. The lowest BCUT2D eigenvalue weighted by molar-refractivity contribution is -0.139. The SMILES string of the molecule is C=CCNC(=O)CN(CC(=O)O)C1CCCC1. The van der Waals surface area contributed by atoms with Crippen LogP contribution in [0.3, 0.4) is 0 Å². The molecule has 0 radical (unpaired) electrons. The van der Waals surface area contributed by atoms with Gasteiger partial charge in [0, 0.05) is 12.6 Å². The number of nitrogens with one attached hydrogen (secondary N) is 1. The predicted octanol–water partition coefficient (Wildman–Crippen LogP) is 0.618. The fraction of sp³-hybridized carbons (Fsp3) is 0.667. The van der Waals surface area contributed by atoms with E-state index in [0.29, 0.717) is 6.54 Å². The molecule has 0 aliphatic heterocycles. The molecule has 0 unspecified atom stereocenters. The summed E-state index contributed by atoms with van der Waals surface area (Å²) in [7, 11) is 0. The number of rotatable bonds is 7. The molecule has 0 bridgehead atoms. The van der Waals surface area contributed by atoms with Crippen LogP contribution < -0.4 is 5.32 Å². The van der Waals surface area contributed by atoms with Crippen LogP contribution in [0.1, 0.15) is 25.7 Å². The Kier molecular flexibility index (Phi) is 5.69. The topological polar surface area (TPSA) is 69.6 Å². The summed E-state index contributed by atoms with van der Waals surface area (Å²) in [5, 5.41) is 11.5. The van der Waals surface area contributed by atoms with E-state index in [2.05, 4.69) is 11.9 Å². The van der Waals surface area contributed by atoms with Crippen LogP contribution in [0.15, 0.2) is 12.7 Å². The van der Waals surface area contributed by atoms with Gasteiger partial charge in [-0.1, -0.05) is 18.9 Å².